The van der Waals surface area contributed by atoms with E-state index in [1.165, 1.54) is 0 Å². The number of allylic oxidation sites excluding steroid dienone is 2. The minimum absolute atomic E-state index is 0.238. The Morgan fingerprint density at radius 3 is 2.14 bits per heavy atom. The van der Waals surface area contributed by atoms with Crippen LogP contribution in [0.4, 0.5) is 0 Å². The zero-order chi connectivity index (χ0) is 16.7. The first kappa shape index (κ1) is 17.9. The van der Waals surface area contributed by atoms with Gasteiger partial charge in [0.2, 0.25) is 0 Å². The van der Waals surface area contributed by atoms with Crippen molar-refractivity contribution >= 4 is 14.1 Å². The van der Waals surface area contributed by atoms with E-state index in [0.29, 0.717) is 40.2 Å². The van der Waals surface area contributed by atoms with E-state index in [2.05, 4.69) is 54.5 Å². The van der Waals surface area contributed by atoms with Crippen LogP contribution in [0.5, 0.6) is 0 Å². The highest BCUT2D eigenvalue weighted by atomic mass is 28.4. The highest BCUT2D eigenvalue weighted by Crippen LogP contribution is 2.48. The smallest absolute Gasteiger partial charge is 0.200 e. The van der Waals surface area contributed by atoms with Crippen LogP contribution in [-0.2, 0) is 9.22 Å². The van der Waals surface area contributed by atoms with Crippen molar-refractivity contribution in [3.05, 3.63) is 12.2 Å². The van der Waals surface area contributed by atoms with Gasteiger partial charge < -0.3 is 4.43 Å². The van der Waals surface area contributed by atoms with Gasteiger partial charge in [0.25, 0.3) is 0 Å². The Labute approximate surface area is 137 Å². The molecule has 2 aliphatic rings. The maximum absolute atomic E-state index is 12.0. The molecule has 2 rings (SSSR count). The van der Waals surface area contributed by atoms with Gasteiger partial charge in [-0.2, -0.15) is 0 Å². The van der Waals surface area contributed by atoms with Crippen molar-refractivity contribution < 1.29 is 9.22 Å². The van der Waals surface area contributed by atoms with Crippen LogP contribution in [0.25, 0.3) is 0 Å². The van der Waals surface area contributed by atoms with E-state index in [1.54, 1.807) is 6.08 Å². The predicted molar refractivity (Wildman–Crippen MR) is 95.4 cm³/mol. The molecule has 0 aromatic carbocycles. The Kier molecular flexibility index (Phi) is 5.38. The minimum Gasteiger partial charge on any atom is -0.416 e. The number of carbonyl (C=O) groups excluding carboxylic acids is 1. The Balaban J connectivity index is 2.08. The van der Waals surface area contributed by atoms with E-state index < -0.39 is 8.32 Å². The summed E-state index contributed by atoms with van der Waals surface area (Å²) in [5, 5.41) is 0. The molecule has 126 valence electrons. The second-order valence-corrected chi connectivity index (χ2v) is 13.9. The number of hydrogen-bond acceptors (Lipinski definition) is 2. The molecule has 2 nitrogen and oxygen atoms in total. The van der Waals surface area contributed by atoms with Gasteiger partial charge in [-0.15, -0.1) is 0 Å². The zero-order valence-corrected chi connectivity index (χ0v) is 16.4. The third-order valence-corrected chi connectivity index (χ3v) is 12.5. The molecule has 3 heteroatoms. The number of fused-ring (bicyclic) bond motifs is 1. The molecule has 0 radical (unpaired) electrons. The average molecular weight is 323 g/mol. The zero-order valence-electron chi connectivity index (χ0n) is 15.4. The van der Waals surface area contributed by atoms with Crippen molar-refractivity contribution in [1.29, 1.82) is 0 Å². The van der Waals surface area contributed by atoms with E-state index >= 15 is 0 Å². The molecule has 2 aliphatic carbocycles. The molecule has 0 aliphatic heterocycles. The monoisotopic (exact) mass is 322 g/mol. The molecule has 22 heavy (non-hydrogen) atoms. The number of ketones is 1. The van der Waals surface area contributed by atoms with E-state index in [1.807, 2.05) is 0 Å². The molecule has 0 heterocycles. The predicted octanol–water partition coefficient (Wildman–Crippen LogP) is 5.21. The Bertz CT molecular complexity index is 417. The lowest BCUT2D eigenvalue weighted by molar-refractivity contribution is -0.119. The van der Waals surface area contributed by atoms with Crippen molar-refractivity contribution in [2.45, 2.75) is 71.5 Å². The molecule has 0 aromatic heterocycles. The molecule has 0 spiro atoms. The quantitative estimate of drug-likeness (QED) is 0.628. The summed E-state index contributed by atoms with van der Waals surface area (Å²) < 4.78 is 6.77. The van der Waals surface area contributed by atoms with E-state index in [0.717, 1.165) is 13.0 Å². The van der Waals surface area contributed by atoms with Crippen molar-refractivity contribution in [3.8, 4) is 0 Å². The second kappa shape index (κ2) is 6.60. The van der Waals surface area contributed by atoms with Crippen LogP contribution in [0.1, 0.15) is 54.9 Å². The fourth-order valence-electron chi connectivity index (χ4n) is 5.36. The lowest BCUT2D eigenvalue weighted by atomic mass is 9.89. The van der Waals surface area contributed by atoms with Gasteiger partial charge in [0.15, 0.2) is 14.1 Å². The van der Waals surface area contributed by atoms with Crippen LogP contribution in [0, 0.1) is 23.7 Å². The summed E-state index contributed by atoms with van der Waals surface area (Å²) in [5.74, 6) is 2.07. The van der Waals surface area contributed by atoms with Gasteiger partial charge in [0.1, 0.15) is 0 Å². The second-order valence-electron chi connectivity index (χ2n) is 8.43. The van der Waals surface area contributed by atoms with E-state index in [9.17, 15) is 4.79 Å². The van der Waals surface area contributed by atoms with Crippen molar-refractivity contribution in [2.24, 2.45) is 23.7 Å². The third-order valence-electron chi connectivity index (χ3n) is 6.44. The molecule has 1 saturated carbocycles. The standard InChI is InChI=1S/C19H34O2Si/c1-12(2)22(13(3)4,14(5)6)21-11-17-10-16-8-9-18(20)19(16)15(17)7/h8-9,12-17,19H,10-11H2,1-7H3/t15-,16-,17-,19+/m1/s1. The van der Waals surface area contributed by atoms with E-state index in [4.69, 9.17) is 4.43 Å². The third kappa shape index (κ3) is 2.87. The number of hydrogen-bond donors (Lipinski definition) is 0. The Morgan fingerprint density at radius 1 is 1.14 bits per heavy atom. The van der Waals surface area contributed by atoms with Gasteiger partial charge >= 0.3 is 0 Å². The first-order chi connectivity index (χ1) is 10.2. The minimum atomic E-state index is -1.78. The first-order valence-electron chi connectivity index (χ1n) is 9.07. The summed E-state index contributed by atoms with van der Waals surface area (Å²) in [7, 11) is -1.78. The molecule has 0 amide bonds. The summed E-state index contributed by atoms with van der Waals surface area (Å²) in [6.45, 7) is 17.1. The molecule has 4 atom stereocenters. The summed E-state index contributed by atoms with van der Waals surface area (Å²) in [5.41, 5.74) is 1.89. The lowest BCUT2D eigenvalue weighted by Gasteiger charge is -2.43. The SMILES string of the molecule is CC(C)[Si](OC[C@H]1C[C@H]2C=CC(=O)[C@H]2[C@@H]1C)(C(C)C)C(C)C. The molecule has 0 bridgehead atoms. The van der Waals surface area contributed by atoms with Crippen molar-refractivity contribution in [2.75, 3.05) is 6.61 Å². The normalized spacial score (nSPS) is 31.8. The van der Waals surface area contributed by atoms with Gasteiger partial charge in [-0.1, -0.05) is 54.5 Å². The number of carbonyl (C=O) groups is 1. The fraction of sp³-hybridized carbons (Fsp3) is 0.842. The lowest BCUT2D eigenvalue weighted by Crippen LogP contribution is -2.48. The van der Waals surface area contributed by atoms with Crippen molar-refractivity contribution in [1.82, 2.24) is 0 Å². The molecule has 0 N–H and O–H groups in total. The Hall–Kier alpha value is -0.413. The number of rotatable bonds is 6. The maximum atomic E-state index is 12.0. The van der Waals surface area contributed by atoms with Crippen LogP contribution >= 0.6 is 0 Å². The average Bonchev–Trinajstić information content (AvgIpc) is 2.91. The molecule has 0 saturated heterocycles. The maximum Gasteiger partial charge on any atom is 0.200 e. The summed E-state index contributed by atoms with van der Waals surface area (Å²) >= 11 is 0. The van der Waals surface area contributed by atoms with Crippen LogP contribution < -0.4 is 0 Å². The van der Waals surface area contributed by atoms with E-state index in [-0.39, 0.29) is 5.92 Å². The largest absolute Gasteiger partial charge is 0.416 e. The topological polar surface area (TPSA) is 26.3 Å². The van der Waals surface area contributed by atoms with Gasteiger partial charge in [0.05, 0.1) is 0 Å². The van der Waals surface area contributed by atoms with Gasteiger partial charge in [-0.25, -0.2) is 0 Å². The molecule has 0 aromatic rings. The molecule has 1 fully saturated rings. The highest BCUT2D eigenvalue weighted by Gasteiger charge is 2.49. The van der Waals surface area contributed by atoms with Crippen LogP contribution in [0.3, 0.4) is 0 Å². The first-order valence-corrected chi connectivity index (χ1v) is 11.2. The molecule has 0 unspecified atom stereocenters. The highest BCUT2D eigenvalue weighted by molar-refractivity contribution is 6.77. The Morgan fingerprint density at radius 2 is 1.68 bits per heavy atom. The van der Waals surface area contributed by atoms with Gasteiger partial charge in [-0.3, -0.25) is 4.79 Å². The molecular formula is C19H34O2Si. The summed E-state index contributed by atoms with van der Waals surface area (Å²) in [6.07, 6.45) is 5.08. The summed E-state index contributed by atoms with van der Waals surface area (Å²) in [4.78, 5) is 12.0. The van der Waals surface area contributed by atoms with Crippen LogP contribution in [0.15, 0.2) is 12.2 Å². The van der Waals surface area contributed by atoms with Crippen molar-refractivity contribution in [3.63, 3.8) is 0 Å². The summed E-state index contributed by atoms with van der Waals surface area (Å²) in [6, 6.07) is 0. The molecular weight excluding hydrogens is 288 g/mol. The van der Waals surface area contributed by atoms with Gasteiger partial charge in [0, 0.05) is 12.5 Å². The van der Waals surface area contributed by atoms with Gasteiger partial charge in [-0.05, 0) is 46.9 Å². The fourth-order valence-corrected chi connectivity index (χ4v) is 10.9. The van der Waals surface area contributed by atoms with Crippen LogP contribution in [-0.4, -0.2) is 20.7 Å². The van der Waals surface area contributed by atoms with Crippen LogP contribution in [0.2, 0.25) is 16.6 Å².